The highest BCUT2D eigenvalue weighted by molar-refractivity contribution is 7.90. The van der Waals surface area contributed by atoms with Crippen LogP contribution in [0, 0.1) is 22.9 Å². The summed E-state index contributed by atoms with van der Waals surface area (Å²) in [6.07, 6.45) is 5.23. The Morgan fingerprint density at radius 1 is 1.48 bits per heavy atom. The van der Waals surface area contributed by atoms with Crippen LogP contribution in [0.5, 0.6) is 0 Å². The third kappa shape index (κ3) is 5.40. The summed E-state index contributed by atoms with van der Waals surface area (Å²) in [6, 6.07) is 3.94. The van der Waals surface area contributed by atoms with E-state index in [0.29, 0.717) is 5.69 Å². The van der Waals surface area contributed by atoms with Crippen LogP contribution in [0.15, 0.2) is 28.0 Å². The minimum absolute atomic E-state index is 0.0369. The molecule has 10 nitrogen and oxygen atoms in total. The zero-order valence-corrected chi connectivity index (χ0v) is 15.1. The number of halogens is 1. The lowest BCUT2D eigenvalue weighted by molar-refractivity contribution is 0.305. The van der Waals surface area contributed by atoms with Crippen molar-refractivity contribution in [2.24, 2.45) is 5.16 Å². The number of anilines is 2. The molecule has 1 aromatic carbocycles. The van der Waals surface area contributed by atoms with E-state index in [2.05, 4.69) is 41.4 Å². The van der Waals surface area contributed by atoms with Crippen molar-refractivity contribution in [1.82, 2.24) is 15.0 Å². The summed E-state index contributed by atoms with van der Waals surface area (Å²) >= 11 is 0. The van der Waals surface area contributed by atoms with Gasteiger partial charge in [-0.1, -0.05) is 18.0 Å². The molecule has 1 aromatic heterocycles. The highest BCUT2D eigenvalue weighted by Gasteiger charge is 2.18. The van der Waals surface area contributed by atoms with Crippen LogP contribution in [0.3, 0.4) is 0 Å². The number of benzene rings is 1. The highest BCUT2D eigenvalue weighted by atomic mass is 32.2. The van der Waals surface area contributed by atoms with Crippen LogP contribution in [-0.2, 0) is 9.92 Å². The first kappa shape index (κ1) is 20.1. The number of aromatic nitrogens is 2. The maximum atomic E-state index is 13.5. The number of rotatable bonds is 8. The Hall–Kier alpha value is -3.17. The second kappa shape index (κ2) is 8.97. The van der Waals surface area contributed by atoms with E-state index < -0.39 is 15.7 Å². The van der Waals surface area contributed by atoms with Gasteiger partial charge in [-0.05, 0) is 28.5 Å². The lowest BCUT2D eigenvalue weighted by atomic mass is 10.2. The first-order valence-corrected chi connectivity index (χ1v) is 9.46. The molecular weight excluding hydrogens is 377 g/mol. The van der Waals surface area contributed by atoms with Crippen LogP contribution in [0.25, 0.3) is 0 Å². The van der Waals surface area contributed by atoms with E-state index in [1.165, 1.54) is 18.2 Å². The van der Waals surface area contributed by atoms with E-state index in [-0.39, 0.29) is 41.8 Å². The average molecular weight is 395 g/mol. The third-order valence-electron chi connectivity index (χ3n) is 3.36. The molecule has 0 spiro atoms. The lowest BCUT2D eigenvalue weighted by Gasteiger charge is -2.09. The molecule has 1 heterocycles. The summed E-state index contributed by atoms with van der Waals surface area (Å²) in [5.41, 5.74) is 0.464. The van der Waals surface area contributed by atoms with Gasteiger partial charge in [0.15, 0.2) is 5.69 Å². The van der Waals surface area contributed by atoms with Gasteiger partial charge in [-0.3, -0.25) is 0 Å². The van der Waals surface area contributed by atoms with Crippen molar-refractivity contribution in [3.05, 3.63) is 35.3 Å². The van der Waals surface area contributed by atoms with Crippen molar-refractivity contribution in [3.63, 3.8) is 0 Å². The largest absolute Gasteiger partial charge is 0.409 e. The van der Waals surface area contributed by atoms with Gasteiger partial charge in [-0.2, -0.15) is 0 Å². The summed E-state index contributed by atoms with van der Waals surface area (Å²) in [7, 11) is -2.81. The molecule has 0 fully saturated rings. The topological polar surface area (TPSA) is 149 Å². The molecule has 0 radical (unpaired) electrons. The van der Waals surface area contributed by atoms with E-state index in [4.69, 9.17) is 11.2 Å². The number of amidine groups is 1. The fraction of sp³-hybridized carbons (Fsp3) is 0.267. The Bertz CT molecular complexity index is 966. The van der Waals surface area contributed by atoms with Gasteiger partial charge in [0.05, 0.1) is 5.56 Å². The molecule has 144 valence electrons. The number of hydrogen-bond donors (Lipinski definition) is 5. The number of nitrogens with zero attached hydrogens (tertiary/aromatic N) is 3. The molecule has 0 saturated carbocycles. The Balaban J connectivity index is 2.07. The highest BCUT2D eigenvalue weighted by Crippen LogP contribution is 2.17. The molecule has 0 bridgehead atoms. The van der Waals surface area contributed by atoms with E-state index in [9.17, 15) is 13.8 Å². The molecule has 0 saturated heterocycles. The molecule has 0 aliphatic carbocycles. The quantitative estimate of drug-likeness (QED) is 0.113. The maximum Gasteiger partial charge on any atom is 0.203 e. The molecule has 0 aliphatic rings. The van der Waals surface area contributed by atoms with Crippen LogP contribution < -0.4 is 15.4 Å². The van der Waals surface area contributed by atoms with Crippen LogP contribution in [0.1, 0.15) is 18.2 Å². The Morgan fingerprint density at radius 3 is 2.93 bits per heavy atom. The summed E-state index contributed by atoms with van der Waals surface area (Å²) in [6.45, 7) is 2.13. The molecule has 1 unspecified atom stereocenters. The molecular formula is C15H18FN7O3S. The standard InChI is InChI=1S/C15H18FN7O3S/c1-3-10-9-11(5-6-12(10)16)20-15(21-24)13-14(23-26-22-13)18-7-8-19-27(17,25)4-2/h1,5-6,9,24H,4,7-8H2,2H3,(H,18,23)(H,20,21)(H2,17,19,25). The molecule has 0 aliphatic heterocycles. The van der Waals surface area contributed by atoms with E-state index >= 15 is 0 Å². The van der Waals surface area contributed by atoms with Crippen molar-refractivity contribution in [2.75, 3.05) is 29.5 Å². The van der Waals surface area contributed by atoms with E-state index in [0.717, 1.165) is 0 Å². The normalized spacial score (nSPS) is 13.6. The average Bonchev–Trinajstić information content (AvgIpc) is 3.13. The van der Waals surface area contributed by atoms with Crippen molar-refractivity contribution >= 4 is 27.3 Å². The summed E-state index contributed by atoms with van der Waals surface area (Å²) in [5.74, 6) is 1.88. The minimum Gasteiger partial charge on any atom is -0.409 e. The van der Waals surface area contributed by atoms with Gasteiger partial charge in [-0.15, -0.1) is 6.42 Å². The first-order valence-electron chi connectivity index (χ1n) is 7.73. The second-order valence-corrected chi connectivity index (χ2v) is 7.38. The van der Waals surface area contributed by atoms with Gasteiger partial charge in [0.2, 0.25) is 11.7 Å². The number of hydrogen-bond acceptors (Lipinski definition) is 8. The SMILES string of the molecule is C#Cc1cc(N/C(=N\O)c2nonc2NCCNS(=N)(=O)CC)ccc1F. The summed E-state index contributed by atoms with van der Waals surface area (Å²) < 4.78 is 39.8. The van der Waals surface area contributed by atoms with Crippen LogP contribution in [0.4, 0.5) is 15.9 Å². The monoisotopic (exact) mass is 395 g/mol. The molecule has 2 rings (SSSR count). The Labute approximate surface area is 155 Å². The molecule has 1 atom stereocenters. The van der Waals surface area contributed by atoms with Gasteiger partial charge in [0, 0.05) is 24.5 Å². The number of terminal acetylenes is 1. The van der Waals surface area contributed by atoms with Crippen LogP contribution in [-0.4, -0.2) is 44.4 Å². The second-order valence-electron chi connectivity index (χ2n) is 5.16. The molecule has 27 heavy (non-hydrogen) atoms. The van der Waals surface area contributed by atoms with Crippen molar-refractivity contribution in [3.8, 4) is 12.3 Å². The Morgan fingerprint density at radius 2 is 2.26 bits per heavy atom. The van der Waals surface area contributed by atoms with Gasteiger partial charge in [-0.25, -0.2) is 22.7 Å². The zero-order chi connectivity index (χ0) is 19.9. The lowest BCUT2D eigenvalue weighted by Crippen LogP contribution is -2.29. The Kier molecular flexibility index (Phi) is 6.69. The van der Waals surface area contributed by atoms with Crippen molar-refractivity contribution in [2.45, 2.75) is 6.92 Å². The van der Waals surface area contributed by atoms with E-state index in [1.807, 2.05) is 0 Å². The van der Waals surface area contributed by atoms with Crippen LogP contribution in [0.2, 0.25) is 0 Å². The van der Waals surface area contributed by atoms with Gasteiger partial charge < -0.3 is 15.8 Å². The van der Waals surface area contributed by atoms with Crippen LogP contribution >= 0.6 is 0 Å². The smallest absolute Gasteiger partial charge is 0.203 e. The fourth-order valence-electron chi connectivity index (χ4n) is 1.94. The van der Waals surface area contributed by atoms with E-state index in [1.54, 1.807) is 6.92 Å². The van der Waals surface area contributed by atoms with Gasteiger partial charge in [0.25, 0.3) is 0 Å². The van der Waals surface area contributed by atoms with Gasteiger partial charge in [0.1, 0.15) is 15.7 Å². The predicted octanol–water partition coefficient (Wildman–Crippen LogP) is 1.42. The fourth-order valence-corrected chi connectivity index (χ4v) is 2.58. The minimum atomic E-state index is -2.81. The maximum absolute atomic E-state index is 13.5. The van der Waals surface area contributed by atoms with Crippen molar-refractivity contribution in [1.29, 1.82) is 4.78 Å². The predicted molar refractivity (Wildman–Crippen MR) is 98.5 cm³/mol. The number of oxime groups is 1. The first-order chi connectivity index (χ1) is 12.9. The summed E-state index contributed by atoms with van der Waals surface area (Å²) in [4.78, 5) is 0. The zero-order valence-electron chi connectivity index (χ0n) is 14.3. The third-order valence-corrected chi connectivity index (χ3v) is 4.84. The van der Waals surface area contributed by atoms with Crippen molar-refractivity contribution < 1.29 is 18.4 Å². The number of nitrogens with one attached hydrogen (secondary N) is 4. The molecule has 12 heteroatoms. The van der Waals surface area contributed by atoms with Gasteiger partial charge >= 0.3 is 0 Å². The molecule has 2 aromatic rings. The molecule has 0 amide bonds. The molecule has 5 N–H and O–H groups in total. The summed E-state index contributed by atoms with van der Waals surface area (Å²) in [5, 5.41) is 25.3.